The molecule has 2 atom stereocenters. The van der Waals surface area contributed by atoms with Gasteiger partial charge in [-0.3, -0.25) is 4.90 Å². The molecule has 0 amide bonds. The van der Waals surface area contributed by atoms with E-state index >= 15 is 0 Å². The molecule has 0 aliphatic rings. The average molecular weight is 649 g/mol. The summed E-state index contributed by atoms with van der Waals surface area (Å²) in [5.41, 5.74) is 0. The van der Waals surface area contributed by atoms with Gasteiger partial charge in [-0.15, -0.1) is 0 Å². The van der Waals surface area contributed by atoms with Crippen LogP contribution in [-0.4, -0.2) is 97.3 Å². The van der Waals surface area contributed by atoms with Crippen LogP contribution in [0.25, 0.3) is 0 Å². The highest BCUT2D eigenvalue weighted by Crippen LogP contribution is 2.15. The molecule has 0 aromatic carbocycles. The van der Waals surface area contributed by atoms with Crippen LogP contribution in [0.2, 0.25) is 0 Å². The molecular weight excluding hydrogens is 572 g/mol. The van der Waals surface area contributed by atoms with Gasteiger partial charge in [-0.2, -0.15) is 0 Å². The SMILES string of the molecule is CCCCCCCCCCCCC(O)CN(CCC[N+](C)(C)CCCS(=O)(=O)[O-])CC(O)CCCCCCCCCCCC. The summed E-state index contributed by atoms with van der Waals surface area (Å²) in [6, 6.07) is 0. The lowest BCUT2D eigenvalue weighted by atomic mass is 10.0. The normalized spacial score (nSPS) is 14.0. The molecule has 0 bridgehead atoms. The van der Waals surface area contributed by atoms with E-state index in [0.29, 0.717) is 30.5 Å². The molecule has 0 aliphatic carbocycles. The van der Waals surface area contributed by atoms with Crippen LogP contribution in [0.4, 0.5) is 0 Å². The van der Waals surface area contributed by atoms with Gasteiger partial charge in [0.05, 0.1) is 49.5 Å². The Bertz CT molecular complexity index is 687. The summed E-state index contributed by atoms with van der Waals surface area (Å²) in [4.78, 5) is 2.24. The number of hydrogen-bond donors (Lipinski definition) is 2. The lowest BCUT2D eigenvalue weighted by molar-refractivity contribution is -0.890. The van der Waals surface area contributed by atoms with Gasteiger partial charge >= 0.3 is 0 Å². The predicted molar refractivity (Wildman–Crippen MR) is 187 cm³/mol. The molecule has 0 fully saturated rings. The summed E-state index contributed by atoms with van der Waals surface area (Å²) < 4.78 is 33.6. The zero-order valence-corrected chi connectivity index (χ0v) is 30.6. The third-order valence-corrected chi connectivity index (χ3v) is 9.90. The molecule has 0 radical (unpaired) electrons. The molecule has 7 nitrogen and oxygen atoms in total. The molecule has 0 aromatic rings. The molecule has 0 saturated carbocycles. The van der Waals surface area contributed by atoms with Gasteiger partial charge in [0.25, 0.3) is 0 Å². The van der Waals surface area contributed by atoms with Crippen molar-refractivity contribution in [3.63, 3.8) is 0 Å². The summed E-state index contributed by atoms with van der Waals surface area (Å²) in [7, 11) is -0.0273. The van der Waals surface area contributed by atoms with Gasteiger partial charge in [0.1, 0.15) is 0 Å². The maximum atomic E-state index is 11.0. The fourth-order valence-corrected chi connectivity index (χ4v) is 6.76. The zero-order chi connectivity index (χ0) is 32.9. The van der Waals surface area contributed by atoms with E-state index in [1.54, 1.807) is 0 Å². The van der Waals surface area contributed by atoms with Crippen LogP contribution in [0.5, 0.6) is 0 Å². The van der Waals surface area contributed by atoms with Gasteiger partial charge < -0.3 is 19.2 Å². The number of rotatable bonds is 34. The number of hydrogen-bond acceptors (Lipinski definition) is 6. The van der Waals surface area contributed by atoms with Gasteiger partial charge in [0.15, 0.2) is 0 Å². The molecule has 0 aromatic heterocycles. The Balaban J connectivity index is 4.48. The van der Waals surface area contributed by atoms with Gasteiger partial charge in [0, 0.05) is 38.2 Å². The van der Waals surface area contributed by atoms with Crippen molar-refractivity contribution in [3.05, 3.63) is 0 Å². The minimum absolute atomic E-state index is 0.308. The highest BCUT2D eigenvalue weighted by Gasteiger charge is 2.19. The second kappa shape index (κ2) is 28.9. The highest BCUT2D eigenvalue weighted by molar-refractivity contribution is 7.85. The largest absolute Gasteiger partial charge is 0.748 e. The first-order chi connectivity index (χ1) is 21.0. The van der Waals surface area contributed by atoms with E-state index in [-0.39, 0.29) is 18.0 Å². The van der Waals surface area contributed by atoms with Crippen molar-refractivity contribution in [2.45, 2.75) is 180 Å². The number of nitrogens with zero attached hydrogens (tertiary/aromatic N) is 2. The topological polar surface area (TPSA) is 101 Å². The van der Waals surface area contributed by atoms with E-state index in [1.807, 2.05) is 0 Å². The molecule has 8 heteroatoms. The molecule has 44 heavy (non-hydrogen) atoms. The Morgan fingerprint density at radius 1 is 0.568 bits per heavy atom. The van der Waals surface area contributed by atoms with Crippen LogP contribution in [-0.2, 0) is 10.1 Å². The third kappa shape index (κ3) is 31.7. The molecule has 0 aliphatic heterocycles. The quantitative estimate of drug-likeness (QED) is 0.0416. The lowest BCUT2D eigenvalue weighted by Crippen LogP contribution is -2.44. The standard InChI is InChI=1S/C36H76N2O5S/c1-5-7-9-11-13-15-17-19-21-23-27-35(39)33-37(29-25-30-38(3,4)31-26-32-44(41,42)43)34-36(40)28-24-22-20-18-16-14-12-10-8-6-2/h35-36,39-40H,5-34H2,1-4H3. The molecule has 0 heterocycles. The minimum Gasteiger partial charge on any atom is -0.748 e. The van der Waals surface area contributed by atoms with Crippen LogP contribution in [0.3, 0.4) is 0 Å². The first kappa shape index (κ1) is 43.8. The van der Waals surface area contributed by atoms with Crippen molar-refractivity contribution in [1.29, 1.82) is 0 Å². The van der Waals surface area contributed by atoms with Crippen LogP contribution >= 0.6 is 0 Å². The first-order valence-corrected chi connectivity index (χ1v) is 20.4. The Kier molecular flexibility index (Phi) is 28.8. The van der Waals surface area contributed by atoms with E-state index < -0.39 is 10.1 Å². The van der Waals surface area contributed by atoms with Crippen molar-refractivity contribution in [2.75, 3.05) is 52.6 Å². The summed E-state index contributed by atoms with van der Waals surface area (Å²) in [5, 5.41) is 21.7. The summed E-state index contributed by atoms with van der Waals surface area (Å²) >= 11 is 0. The lowest BCUT2D eigenvalue weighted by Gasteiger charge is -2.32. The Morgan fingerprint density at radius 3 is 1.27 bits per heavy atom. The molecule has 2 unspecified atom stereocenters. The fraction of sp³-hybridized carbons (Fsp3) is 1.00. The van der Waals surface area contributed by atoms with E-state index in [1.165, 1.54) is 116 Å². The molecule has 0 spiro atoms. The van der Waals surface area contributed by atoms with Crippen LogP contribution in [0, 0.1) is 0 Å². The highest BCUT2D eigenvalue weighted by atomic mass is 32.2. The Hall–Kier alpha value is -0.250. The summed E-state index contributed by atoms with van der Waals surface area (Å²) in [6.45, 7) is 8.00. The summed E-state index contributed by atoms with van der Waals surface area (Å²) in [6.07, 6.45) is 27.9. The van der Waals surface area contributed by atoms with Crippen molar-refractivity contribution in [1.82, 2.24) is 4.90 Å². The molecular formula is C36H76N2O5S. The van der Waals surface area contributed by atoms with Crippen molar-refractivity contribution < 1.29 is 27.7 Å². The molecule has 2 N–H and O–H groups in total. The van der Waals surface area contributed by atoms with Gasteiger partial charge in [-0.1, -0.05) is 142 Å². The van der Waals surface area contributed by atoms with Crippen molar-refractivity contribution in [2.24, 2.45) is 0 Å². The van der Waals surface area contributed by atoms with E-state index in [9.17, 15) is 23.2 Å². The van der Waals surface area contributed by atoms with Crippen molar-refractivity contribution >= 4 is 10.1 Å². The monoisotopic (exact) mass is 649 g/mol. The summed E-state index contributed by atoms with van der Waals surface area (Å²) in [5.74, 6) is -0.308. The predicted octanol–water partition coefficient (Wildman–Crippen LogP) is 8.03. The van der Waals surface area contributed by atoms with Crippen LogP contribution in [0.1, 0.15) is 168 Å². The smallest absolute Gasteiger partial charge is 0.0948 e. The van der Waals surface area contributed by atoms with Gasteiger partial charge in [-0.25, -0.2) is 8.42 Å². The number of aliphatic hydroxyl groups excluding tert-OH is 2. The number of unbranched alkanes of at least 4 members (excludes halogenated alkanes) is 18. The molecule has 266 valence electrons. The minimum atomic E-state index is -4.17. The van der Waals surface area contributed by atoms with E-state index in [0.717, 1.165) is 45.2 Å². The van der Waals surface area contributed by atoms with Crippen LogP contribution < -0.4 is 0 Å². The van der Waals surface area contributed by atoms with E-state index in [2.05, 4.69) is 32.8 Å². The second-order valence-corrected chi connectivity index (χ2v) is 15.9. The fourth-order valence-electron chi connectivity index (χ4n) is 6.27. The van der Waals surface area contributed by atoms with Gasteiger partial charge in [0.2, 0.25) is 0 Å². The molecule has 0 rings (SSSR count). The number of aliphatic hydroxyl groups is 2. The average Bonchev–Trinajstić information content (AvgIpc) is 2.94. The Morgan fingerprint density at radius 2 is 0.909 bits per heavy atom. The van der Waals surface area contributed by atoms with Crippen LogP contribution in [0.15, 0.2) is 0 Å². The number of quaternary nitrogens is 1. The zero-order valence-electron chi connectivity index (χ0n) is 29.8. The second-order valence-electron chi connectivity index (χ2n) is 14.4. The maximum Gasteiger partial charge on any atom is 0.0948 e. The first-order valence-electron chi connectivity index (χ1n) is 18.8. The Labute approximate surface area is 274 Å². The van der Waals surface area contributed by atoms with Crippen molar-refractivity contribution in [3.8, 4) is 0 Å². The van der Waals surface area contributed by atoms with Gasteiger partial charge in [-0.05, 0) is 12.8 Å². The molecule has 0 saturated heterocycles. The maximum absolute atomic E-state index is 11.0. The van der Waals surface area contributed by atoms with E-state index in [4.69, 9.17) is 0 Å². The third-order valence-electron chi connectivity index (χ3n) is 9.12.